The van der Waals surface area contributed by atoms with Gasteiger partial charge in [0.05, 0.1) is 17.6 Å². The molecule has 3 aromatic rings. The number of hydrogen-bond donors (Lipinski definition) is 1. The van der Waals surface area contributed by atoms with Crippen LogP contribution >= 0.6 is 0 Å². The Morgan fingerprint density at radius 3 is 2.38 bits per heavy atom. The smallest absolute Gasteiger partial charge is 0.224 e. The van der Waals surface area contributed by atoms with E-state index in [4.69, 9.17) is 4.42 Å². The molecule has 0 saturated carbocycles. The number of carbonyl (C=O) groups is 2. The standard InChI is InChI=1S/C29H30N2O3/c1-18(32)31-24-9-6-5-8-22(24)30-23-16-20(19-11-13-21(14-12-19)29(2,3)4)17-25(33)27(23)28(31)26-10-7-15-34-26/h5-15,20,28,30H,16-17H2,1-4H3. The van der Waals surface area contributed by atoms with Crippen molar-refractivity contribution < 1.29 is 14.0 Å². The first kappa shape index (κ1) is 22.2. The molecule has 5 nitrogen and oxygen atoms in total. The van der Waals surface area contributed by atoms with Gasteiger partial charge >= 0.3 is 0 Å². The summed E-state index contributed by atoms with van der Waals surface area (Å²) in [6, 6.07) is 19.4. The molecule has 1 aliphatic carbocycles. The van der Waals surface area contributed by atoms with Gasteiger partial charge in [0.2, 0.25) is 5.91 Å². The van der Waals surface area contributed by atoms with Crippen LogP contribution < -0.4 is 10.2 Å². The number of anilines is 2. The highest BCUT2D eigenvalue weighted by Crippen LogP contribution is 2.47. The van der Waals surface area contributed by atoms with Gasteiger partial charge in [0.25, 0.3) is 0 Å². The Bertz CT molecular complexity index is 1260. The zero-order chi connectivity index (χ0) is 24.0. The van der Waals surface area contributed by atoms with Gasteiger partial charge < -0.3 is 9.73 Å². The lowest BCUT2D eigenvalue weighted by atomic mass is 9.78. The molecule has 0 bridgehead atoms. The van der Waals surface area contributed by atoms with Gasteiger partial charge in [0.1, 0.15) is 11.8 Å². The van der Waals surface area contributed by atoms with Crippen LogP contribution in [-0.2, 0) is 15.0 Å². The number of allylic oxidation sites excluding steroid dienone is 1. The molecule has 2 aromatic carbocycles. The first-order valence-corrected chi connectivity index (χ1v) is 11.8. The molecule has 0 saturated heterocycles. The fourth-order valence-electron chi connectivity index (χ4n) is 5.15. The number of benzene rings is 2. The molecule has 5 heteroatoms. The zero-order valence-corrected chi connectivity index (χ0v) is 20.1. The van der Waals surface area contributed by atoms with Crippen LogP contribution in [0.5, 0.6) is 0 Å². The maximum absolute atomic E-state index is 13.7. The fourth-order valence-corrected chi connectivity index (χ4v) is 5.15. The van der Waals surface area contributed by atoms with Crippen LogP contribution in [0.4, 0.5) is 11.4 Å². The van der Waals surface area contributed by atoms with Crippen molar-refractivity contribution in [1.82, 2.24) is 0 Å². The van der Waals surface area contributed by atoms with Gasteiger partial charge in [-0.05, 0) is 53.1 Å². The lowest BCUT2D eigenvalue weighted by molar-refractivity contribution is -0.117. The number of fused-ring (bicyclic) bond motifs is 1. The summed E-state index contributed by atoms with van der Waals surface area (Å²) in [5, 5.41) is 3.53. The van der Waals surface area contributed by atoms with E-state index >= 15 is 0 Å². The fraction of sp³-hybridized carbons (Fsp3) is 0.310. The number of nitrogens with one attached hydrogen (secondary N) is 1. The van der Waals surface area contributed by atoms with Crippen molar-refractivity contribution in [1.29, 1.82) is 0 Å². The summed E-state index contributed by atoms with van der Waals surface area (Å²) in [7, 11) is 0. The first-order chi connectivity index (χ1) is 16.2. The number of amides is 1. The largest absolute Gasteiger partial charge is 0.467 e. The van der Waals surface area contributed by atoms with Crippen LogP contribution in [0.25, 0.3) is 0 Å². The van der Waals surface area contributed by atoms with E-state index in [9.17, 15) is 9.59 Å². The third-order valence-corrected chi connectivity index (χ3v) is 6.89. The molecule has 5 rings (SSSR count). The van der Waals surface area contributed by atoms with E-state index in [0.717, 1.165) is 22.6 Å². The summed E-state index contributed by atoms with van der Waals surface area (Å²) in [5.41, 5.74) is 5.54. The molecule has 1 amide bonds. The zero-order valence-electron chi connectivity index (χ0n) is 20.1. The molecule has 1 aliphatic heterocycles. The van der Waals surface area contributed by atoms with Crippen molar-refractivity contribution in [2.75, 3.05) is 10.2 Å². The molecular weight excluding hydrogens is 424 g/mol. The summed E-state index contributed by atoms with van der Waals surface area (Å²) in [4.78, 5) is 28.3. The van der Waals surface area contributed by atoms with Crippen LogP contribution in [0.2, 0.25) is 0 Å². The second-order valence-corrected chi connectivity index (χ2v) is 10.2. The minimum Gasteiger partial charge on any atom is -0.467 e. The Kier molecular flexibility index (Phi) is 5.43. The van der Waals surface area contributed by atoms with E-state index in [1.165, 1.54) is 12.5 Å². The van der Waals surface area contributed by atoms with Crippen LogP contribution in [0.15, 0.2) is 82.6 Å². The predicted molar refractivity (Wildman–Crippen MR) is 134 cm³/mol. The highest BCUT2D eigenvalue weighted by atomic mass is 16.3. The molecular formula is C29H30N2O3. The van der Waals surface area contributed by atoms with Gasteiger partial charge in [-0.3, -0.25) is 14.5 Å². The average Bonchev–Trinajstić information content (AvgIpc) is 3.27. The van der Waals surface area contributed by atoms with Gasteiger partial charge in [-0.2, -0.15) is 0 Å². The Morgan fingerprint density at radius 1 is 1.00 bits per heavy atom. The van der Waals surface area contributed by atoms with E-state index < -0.39 is 6.04 Å². The number of para-hydroxylation sites is 2. The lowest BCUT2D eigenvalue weighted by Gasteiger charge is -2.33. The maximum atomic E-state index is 13.7. The molecule has 1 aromatic heterocycles. The van der Waals surface area contributed by atoms with E-state index in [1.807, 2.05) is 30.3 Å². The van der Waals surface area contributed by atoms with Gasteiger partial charge in [-0.1, -0.05) is 57.2 Å². The predicted octanol–water partition coefficient (Wildman–Crippen LogP) is 6.50. The number of hydrogen-bond acceptors (Lipinski definition) is 4. The van der Waals surface area contributed by atoms with Crippen molar-refractivity contribution in [2.45, 2.75) is 57.9 Å². The van der Waals surface area contributed by atoms with E-state index in [0.29, 0.717) is 24.2 Å². The quantitative estimate of drug-likeness (QED) is 0.480. The molecule has 174 valence electrons. The summed E-state index contributed by atoms with van der Waals surface area (Å²) in [6.07, 6.45) is 2.67. The van der Waals surface area contributed by atoms with E-state index in [1.54, 1.807) is 17.2 Å². The van der Waals surface area contributed by atoms with Crippen molar-refractivity contribution in [3.05, 3.63) is 95.1 Å². The minimum absolute atomic E-state index is 0.0408. The highest BCUT2D eigenvalue weighted by Gasteiger charge is 2.42. The SMILES string of the molecule is CC(=O)N1c2ccccc2NC2=C(C(=O)CC(c3ccc(C(C)(C)C)cc3)C2)C1c1ccco1. The third-order valence-electron chi connectivity index (χ3n) is 6.89. The Morgan fingerprint density at radius 2 is 1.74 bits per heavy atom. The average molecular weight is 455 g/mol. The molecule has 0 fully saturated rings. The van der Waals surface area contributed by atoms with Gasteiger partial charge in [0, 0.05) is 24.6 Å². The number of furan rings is 1. The monoisotopic (exact) mass is 454 g/mol. The number of nitrogens with zero attached hydrogens (tertiary/aromatic N) is 1. The maximum Gasteiger partial charge on any atom is 0.224 e. The van der Waals surface area contributed by atoms with Crippen LogP contribution in [0, 0.1) is 0 Å². The van der Waals surface area contributed by atoms with Crippen LogP contribution in [0.1, 0.15) is 69.4 Å². The second-order valence-electron chi connectivity index (χ2n) is 10.2. The molecule has 2 aliphatic rings. The highest BCUT2D eigenvalue weighted by molar-refractivity contribution is 6.05. The van der Waals surface area contributed by atoms with E-state index in [-0.39, 0.29) is 23.0 Å². The lowest BCUT2D eigenvalue weighted by Crippen LogP contribution is -2.37. The van der Waals surface area contributed by atoms with Gasteiger partial charge in [-0.15, -0.1) is 0 Å². The van der Waals surface area contributed by atoms with Crippen LogP contribution in [-0.4, -0.2) is 11.7 Å². The third kappa shape index (κ3) is 3.85. The number of ketones is 1. The summed E-state index contributed by atoms with van der Waals surface area (Å²) in [6.45, 7) is 8.13. The topological polar surface area (TPSA) is 62.6 Å². The van der Waals surface area contributed by atoms with Crippen LogP contribution in [0.3, 0.4) is 0 Å². The number of carbonyl (C=O) groups excluding carboxylic acids is 2. The molecule has 2 atom stereocenters. The summed E-state index contributed by atoms with van der Waals surface area (Å²) < 4.78 is 5.77. The van der Waals surface area contributed by atoms with Crippen molar-refractivity contribution in [3.63, 3.8) is 0 Å². The van der Waals surface area contributed by atoms with Crippen molar-refractivity contribution in [3.8, 4) is 0 Å². The molecule has 34 heavy (non-hydrogen) atoms. The molecule has 0 radical (unpaired) electrons. The normalized spacial score (nSPS) is 20.4. The van der Waals surface area contributed by atoms with E-state index in [2.05, 4.69) is 50.4 Å². The molecule has 2 unspecified atom stereocenters. The van der Waals surface area contributed by atoms with Gasteiger partial charge in [0.15, 0.2) is 5.78 Å². The Balaban J connectivity index is 1.61. The minimum atomic E-state index is -0.602. The second kappa shape index (κ2) is 8.32. The molecule has 1 N–H and O–H groups in total. The number of Topliss-reactive ketones (excluding diaryl/α,β-unsaturated/α-hetero) is 1. The Hall–Kier alpha value is -3.60. The summed E-state index contributed by atoms with van der Waals surface area (Å²) in [5.74, 6) is 0.555. The van der Waals surface area contributed by atoms with Crippen molar-refractivity contribution >= 4 is 23.1 Å². The summed E-state index contributed by atoms with van der Waals surface area (Å²) >= 11 is 0. The number of rotatable bonds is 2. The first-order valence-electron chi connectivity index (χ1n) is 11.8. The van der Waals surface area contributed by atoms with Gasteiger partial charge in [-0.25, -0.2) is 0 Å². The Labute approximate surface area is 200 Å². The molecule has 0 spiro atoms. The van der Waals surface area contributed by atoms with Crippen molar-refractivity contribution in [2.24, 2.45) is 0 Å². The molecule has 2 heterocycles.